The minimum absolute atomic E-state index is 0.223. The summed E-state index contributed by atoms with van der Waals surface area (Å²) >= 11 is 0. The standard InChI is InChI=1S/C33H43N9O4/c1-6-18-35-30-27(21-36-33(40-30)39-24-16-14-23(15-17-24)29(34)44)32(46)38-26-12-9-11-25(20-26)37-31(45)22(4)41(5)28(43)13-10-19-42(7-2)8-3/h9-17,20-22H,6-8,18-19H2,1-5H3,(H2,34,44)(H,37,45)(H,38,46)(H2,35,36,39,40)/b13-10+/t22-/m0/s1. The number of hydrogen-bond acceptors (Lipinski definition) is 9. The average Bonchev–Trinajstić information content (AvgIpc) is 3.05. The van der Waals surface area contributed by atoms with Crippen molar-refractivity contribution < 1.29 is 19.2 Å². The molecule has 0 aliphatic carbocycles. The van der Waals surface area contributed by atoms with Crippen LogP contribution >= 0.6 is 0 Å². The van der Waals surface area contributed by atoms with Crippen LogP contribution in [-0.2, 0) is 9.59 Å². The fourth-order valence-electron chi connectivity index (χ4n) is 4.22. The van der Waals surface area contributed by atoms with Crippen molar-refractivity contribution in [1.29, 1.82) is 0 Å². The van der Waals surface area contributed by atoms with E-state index >= 15 is 0 Å². The van der Waals surface area contributed by atoms with Gasteiger partial charge in [0, 0.05) is 55.0 Å². The summed E-state index contributed by atoms with van der Waals surface area (Å²) in [6.45, 7) is 10.8. The molecule has 1 atom stereocenters. The molecule has 13 heteroatoms. The van der Waals surface area contributed by atoms with E-state index in [1.807, 2.05) is 6.92 Å². The van der Waals surface area contributed by atoms with E-state index in [0.29, 0.717) is 41.5 Å². The fourth-order valence-corrected chi connectivity index (χ4v) is 4.22. The van der Waals surface area contributed by atoms with Crippen molar-refractivity contribution in [3.8, 4) is 0 Å². The topological polar surface area (TPSA) is 175 Å². The molecule has 0 bridgehead atoms. The van der Waals surface area contributed by atoms with Gasteiger partial charge in [-0.1, -0.05) is 32.9 Å². The molecule has 0 fully saturated rings. The Morgan fingerprint density at radius 2 is 1.63 bits per heavy atom. The van der Waals surface area contributed by atoms with Gasteiger partial charge in [0.1, 0.15) is 17.4 Å². The zero-order valence-corrected chi connectivity index (χ0v) is 27.0. The summed E-state index contributed by atoms with van der Waals surface area (Å²) in [7, 11) is 1.58. The molecule has 1 heterocycles. The Morgan fingerprint density at radius 1 is 0.957 bits per heavy atom. The van der Waals surface area contributed by atoms with Crippen molar-refractivity contribution in [2.45, 2.75) is 40.2 Å². The Kier molecular flexibility index (Phi) is 13.2. The molecule has 0 spiro atoms. The van der Waals surface area contributed by atoms with Gasteiger partial charge in [0.05, 0.1) is 0 Å². The lowest BCUT2D eigenvalue weighted by Crippen LogP contribution is -2.42. The lowest BCUT2D eigenvalue weighted by molar-refractivity contribution is -0.132. The highest BCUT2D eigenvalue weighted by atomic mass is 16.2. The number of nitrogens with zero attached hydrogens (tertiary/aromatic N) is 4. The molecule has 0 radical (unpaired) electrons. The predicted octanol–water partition coefficient (Wildman–Crippen LogP) is 4.08. The number of amides is 4. The molecule has 46 heavy (non-hydrogen) atoms. The van der Waals surface area contributed by atoms with Crippen molar-refractivity contribution >= 4 is 52.5 Å². The Morgan fingerprint density at radius 3 is 2.26 bits per heavy atom. The van der Waals surface area contributed by atoms with Gasteiger partial charge in [0.15, 0.2) is 0 Å². The number of benzene rings is 2. The van der Waals surface area contributed by atoms with Crippen LogP contribution in [0, 0.1) is 0 Å². The van der Waals surface area contributed by atoms with E-state index in [0.717, 1.165) is 19.5 Å². The van der Waals surface area contributed by atoms with Crippen molar-refractivity contribution in [2.24, 2.45) is 5.73 Å². The Balaban J connectivity index is 1.67. The van der Waals surface area contributed by atoms with Gasteiger partial charge in [-0.05, 0) is 68.9 Å². The first-order valence-electron chi connectivity index (χ1n) is 15.2. The summed E-state index contributed by atoms with van der Waals surface area (Å²) in [6.07, 6.45) is 5.50. The van der Waals surface area contributed by atoms with Gasteiger partial charge >= 0.3 is 0 Å². The summed E-state index contributed by atoms with van der Waals surface area (Å²) in [4.78, 5) is 62.5. The number of nitrogens with one attached hydrogen (secondary N) is 4. The molecule has 4 amide bonds. The van der Waals surface area contributed by atoms with Crippen LogP contribution in [0.1, 0.15) is 54.8 Å². The molecular formula is C33H43N9O4. The molecule has 0 unspecified atom stereocenters. The van der Waals surface area contributed by atoms with Crippen LogP contribution in [0.4, 0.5) is 28.8 Å². The van der Waals surface area contributed by atoms with Crippen molar-refractivity contribution in [3.63, 3.8) is 0 Å². The summed E-state index contributed by atoms with van der Waals surface area (Å²) in [5.41, 5.74) is 7.44. The van der Waals surface area contributed by atoms with Gasteiger partial charge in [-0.15, -0.1) is 0 Å². The number of primary amides is 1. The highest BCUT2D eigenvalue weighted by Gasteiger charge is 2.21. The molecule has 0 saturated carbocycles. The van der Waals surface area contributed by atoms with Crippen LogP contribution in [0.3, 0.4) is 0 Å². The monoisotopic (exact) mass is 629 g/mol. The maximum atomic E-state index is 13.3. The van der Waals surface area contributed by atoms with Crippen molar-refractivity contribution in [1.82, 2.24) is 19.8 Å². The van der Waals surface area contributed by atoms with Gasteiger partial charge < -0.3 is 36.8 Å². The molecule has 244 valence electrons. The fraction of sp³-hybridized carbons (Fsp3) is 0.333. The summed E-state index contributed by atoms with van der Waals surface area (Å²) in [6, 6.07) is 12.5. The van der Waals surface area contributed by atoms with E-state index in [2.05, 4.69) is 50.0 Å². The summed E-state index contributed by atoms with van der Waals surface area (Å²) < 4.78 is 0. The molecule has 3 aromatic rings. The number of carbonyl (C=O) groups is 4. The number of carbonyl (C=O) groups excluding carboxylic acids is 4. The lowest BCUT2D eigenvalue weighted by atomic mass is 10.2. The minimum Gasteiger partial charge on any atom is -0.369 e. The number of nitrogens with two attached hydrogens (primary N) is 1. The second-order valence-electron chi connectivity index (χ2n) is 10.5. The smallest absolute Gasteiger partial charge is 0.260 e. The second-order valence-corrected chi connectivity index (χ2v) is 10.5. The van der Waals surface area contributed by atoms with Gasteiger partial charge in [0.2, 0.25) is 23.7 Å². The molecular weight excluding hydrogens is 586 g/mol. The molecule has 2 aromatic carbocycles. The minimum atomic E-state index is -0.735. The number of likely N-dealkylation sites (N-methyl/N-ethyl adjacent to an activating group) is 2. The summed E-state index contributed by atoms with van der Waals surface area (Å²) in [5, 5.41) is 11.9. The molecule has 0 aliphatic heterocycles. The Labute approximate surface area is 269 Å². The molecule has 0 saturated heterocycles. The summed E-state index contributed by atoms with van der Waals surface area (Å²) in [5.74, 6) is -1.03. The molecule has 6 N–H and O–H groups in total. The average molecular weight is 630 g/mol. The first kappa shape index (κ1) is 35.2. The molecule has 0 aliphatic rings. The predicted molar refractivity (Wildman–Crippen MR) is 181 cm³/mol. The van der Waals surface area contributed by atoms with Gasteiger partial charge in [-0.3, -0.25) is 19.2 Å². The van der Waals surface area contributed by atoms with E-state index in [9.17, 15) is 19.2 Å². The van der Waals surface area contributed by atoms with Crippen molar-refractivity contribution in [2.75, 3.05) is 54.5 Å². The first-order valence-corrected chi connectivity index (χ1v) is 15.2. The van der Waals surface area contributed by atoms with Crippen LogP contribution in [0.25, 0.3) is 0 Å². The van der Waals surface area contributed by atoms with Crippen LogP contribution < -0.4 is 27.0 Å². The third kappa shape index (κ3) is 10.1. The lowest BCUT2D eigenvalue weighted by Gasteiger charge is -2.23. The Bertz CT molecular complexity index is 1540. The number of anilines is 5. The number of hydrogen-bond donors (Lipinski definition) is 5. The third-order valence-corrected chi connectivity index (χ3v) is 7.22. The van der Waals surface area contributed by atoms with Crippen LogP contribution in [-0.4, -0.2) is 82.7 Å². The van der Waals surface area contributed by atoms with Crippen LogP contribution in [0.15, 0.2) is 66.9 Å². The Hall–Kier alpha value is -5.30. The number of rotatable bonds is 16. The quantitative estimate of drug-likeness (QED) is 0.146. The van der Waals surface area contributed by atoms with Gasteiger partial charge in [-0.2, -0.15) is 4.98 Å². The normalized spacial score (nSPS) is 11.6. The van der Waals surface area contributed by atoms with E-state index in [1.54, 1.807) is 68.6 Å². The highest BCUT2D eigenvalue weighted by Crippen LogP contribution is 2.21. The number of aromatic nitrogens is 2. The van der Waals surface area contributed by atoms with E-state index in [1.165, 1.54) is 17.2 Å². The van der Waals surface area contributed by atoms with E-state index < -0.39 is 17.9 Å². The van der Waals surface area contributed by atoms with Gasteiger partial charge in [-0.25, -0.2) is 4.98 Å². The highest BCUT2D eigenvalue weighted by molar-refractivity contribution is 6.08. The second kappa shape index (κ2) is 17.3. The third-order valence-electron chi connectivity index (χ3n) is 7.22. The molecule has 3 rings (SSSR count). The van der Waals surface area contributed by atoms with E-state index in [-0.39, 0.29) is 23.3 Å². The maximum Gasteiger partial charge on any atom is 0.260 e. The maximum absolute atomic E-state index is 13.3. The SMILES string of the molecule is CCCNc1nc(Nc2ccc(C(N)=O)cc2)ncc1C(=O)Nc1cccc(NC(=O)[C@H](C)N(C)C(=O)/C=C/CN(CC)CC)c1. The van der Waals surface area contributed by atoms with E-state index in [4.69, 9.17) is 5.73 Å². The zero-order chi connectivity index (χ0) is 33.6. The largest absolute Gasteiger partial charge is 0.369 e. The molecule has 1 aromatic heterocycles. The first-order chi connectivity index (χ1) is 22.1. The van der Waals surface area contributed by atoms with Crippen molar-refractivity contribution in [3.05, 3.63) is 78.0 Å². The van der Waals surface area contributed by atoms with Crippen LogP contribution in [0.5, 0.6) is 0 Å². The zero-order valence-electron chi connectivity index (χ0n) is 27.0. The van der Waals surface area contributed by atoms with Gasteiger partial charge in [0.25, 0.3) is 5.91 Å². The molecule has 13 nitrogen and oxygen atoms in total. The van der Waals surface area contributed by atoms with Crippen LogP contribution in [0.2, 0.25) is 0 Å².